The van der Waals surface area contributed by atoms with E-state index >= 15 is 0 Å². The van der Waals surface area contributed by atoms with E-state index < -0.39 is 23.7 Å². The number of amides is 2. The molecule has 0 fully saturated rings. The molecule has 0 aliphatic rings. The van der Waals surface area contributed by atoms with Gasteiger partial charge in [-0.25, -0.2) is 14.6 Å². The highest BCUT2D eigenvalue weighted by Gasteiger charge is 2.30. The van der Waals surface area contributed by atoms with Gasteiger partial charge in [-0.1, -0.05) is 13.8 Å². The predicted octanol–water partition coefficient (Wildman–Crippen LogP) is 4.56. The van der Waals surface area contributed by atoms with Gasteiger partial charge in [0.2, 0.25) is 5.89 Å². The summed E-state index contributed by atoms with van der Waals surface area (Å²) in [6.07, 6.45) is -2.63. The summed E-state index contributed by atoms with van der Waals surface area (Å²) in [5.74, 6) is -0.216. The van der Waals surface area contributed by atoms with E-state index in [4.69, 9.17) is 4.42 Å². The number of benzene rings is 1. The maximum Gasteiger partial charge on any atom is 0.416 e. The van der Waals surface area contributed by atoms with E-state index in [1.54, 1.807) is 0 Å². The van der Waals surface area contributed by atoms with E-state index in [9.17, 15) is 22.8 Å². The van der Waals surface area contributed by atoms with Gasteiger partial charge in [0.25, 0.3) is 0 Å². The Morgan fingerprint density at radius 2 is 1.90 bits per heavy atom. The normalized spacial score (nSPS) is 11.4. The molecule has 29 heavy (non-hydrogen) atoms. The summed E-state index contributed by atoms with van der Waals surface area (Å²) in [5, 5.41) is 2.56. The maximum absolute atomic E-state index is 12.7. The zero-order valence-corrected chi connectivity index (χ0v) is 16.2. The molecule has 0 saturated carbocycles. The Morgan fingerprint density at radius 1 is 1.24 bits per heavy atom. The number of hydrogen-bond donors (Lipinski definition) is 1. The van der Waals surface area contributed by atoms with E-state index in [1.807, 2.05) is 13.8 Å². The van der Waals surface area contributed by atoms with Crippen LogP contribution in [-0.2, 0) is 17.5 Å². The standard InChI is InChI=1S/C19H22F3N3O4/c1-12(2)8-9-25(10-16-24-15(11-29-16)17(26)28-3)18(27)23-14-6-4-13(5-7-14)19(20,21)22/h4-7,11-12H,8-10H2,1-3H3,(H,23,27). The molecule has 1 aromatic carbocycles. The second-order valence-electron chi connectivity index (χ2n) is 6.73. The molecule has 2 amide bonds. The molecule has 2 rings (SSSR count). The summed E-state index contributed by atoms with van der Waals surface area (Å²) >= 11 is 0. The van der Waals surface area contributed by atoms with Crippen molar-refractivity contribution in [1.82, 2.24) is 9.88 Å². The van der Waals surface area contributed by atoms with E-state index in [2.05, 4.69) is 15.0 Å². The summed E-state index contributed by atoms with van der Waals surface area (Å²) in [5.41, 5.74) is -0.600. The highest BCUT2D eigenvalue weighted by Crippen LogP contribution is 2.29. The van der Waals surface area contributed by atoms with Gasteiger partial charge in [0.15, 0.2) is 5.69 Å². The molecule has 7 nitrogen and oxygen atoms in total. The lowest BCUT2D eigenvalue weighted by Crippen LogP contribution is -2.36. The van der Waals surface area contributed by atoms with Gasteiger partial charge in [-0.05, 0) is 36.6 Å². The third-order valence-corrected chi connectivity index (χ3v) is 4.00. The number of hydrogen-bond acceptors (Lipinski definition) is 5. The molecule has 0 radical (unpaired) electrons. The Bertz CT molecular complexity index is 832. The second-order valence-corrected chi connectivity index (χ2v) is 6.73. The molecule has 0 bridgehead atoms. The Morgan fingerprint density at radius 3 is 2.45 bits per heavy atom. The quantitative estimate of drug-likeness (QED) is 0.673. The van der Waals surface area contributed by atoms with Crippen LogP contribution in [0.15, 0.2) is 34.9 Å². The minimum Gasteiger partial charge on any atom is -0.464 e. The monoisotopic (exact) mass is 413 g/mol. The van der Waals surface area contributed by atoms with Gasteiger partial charge in [0.1, 0.15) is 6.26 Å². The molecule has 0 aliphatic heterocycles. The highest BCUT2D eigenvalue weighted by molar-refractivity contribution is 5.89. The van der Waals surface area contributed by atoms with Gasteiger partial charge < -0.3 is 19.4 Å². The topological polar surface area (TPSA) is 84.7 Å². The fourth-order valence-corrected chi connectivity index (χ4v) is 2.36. The minimum atomic E-state index is -4.45. The molecule has 0 unspecified atom stereocenters. The van der Waals surface area contributed by atoms with Crippen LogP contribution in [0.3, 0.4) is 0 Å². The highest BCUT2D eigenvalue weighted by atomic mass is 19.4. The summed E-state index contributed by atoms with van der Waals surface area (Å²) in [6.45, 7) is 4.33. The number of carbonyl (C=O) groups excluding carboxylic acids is 2. The summed E-state index contributed by atoms with van der Waals surface area (Å²) in [6, 6.07) is 3.63. The number of aromatic nitrogens is 1. The first kappa shape index (κ1) is 22.3. The lowest BCUT2D eigenvalue weighted by atomic mass is 10.1. The third kappa shape index (κ3) is 6.51. The first-order valence-electron chi connectivity index (χ1n) is 8.86. The Hall–Kier alpha value is -3.04. The van der Waals surface area contributed by atoms with Crippen LogP contribution in [0.2, 0.25) is 0 Å². The van der Waals surface area contributed by atoms with E-state index in [0.717, 1.165) is 18.4 Å². The van der Waals surface area contributed by atoms with Crippen LogP contribution in [0.1, 0.15) is 42.2 Å². The maximum atomic E-state index is 12.7. The number of nitrogens with one attached hydrogen (secondary N) is 1. The van der Waals surface area contributed by atoms with E-state index in [-0.39, 0.29) is 23.8 Å². The van der Waals surface area contributed by atoms with E-state index in [1.165, 1.54) is 24.1 Å². The third-order valence-electron chi connectivity index (χ3n) is 4.00. The zero-order valence-electron chi connectivity index (χ0n) is 16.2. The van der Waals surface area contributed by atoms with Crippen LogP contribution in [0.5, 0.6) is 0 Å². The summed E-state index contributed by atoms with van der Waals surface area (Å²) < 4.78 is 47.8. The van der Waals surface area contributed by atoms with Crippen LogP contribution in [0, 0.1) is 5.92 Å². The van der Waals surface area contributed by atoms with Crippen LogP contribution < -0.4 is 5.32 Å². The Labute approximate surface area is 165 Å². The minimum absolute atomic E-state index is 0.0177. The molecule has 1 heterocycles. The van der Waals surface area contributed by atoms with Crippen LogP contribution in [0.4, 0.5) is 23.7 Å². The van der Waals surface area contributed by atoms with Crippen LogP contribution in [-0.4, -0.2) is 35.5 Å². The van der Waals surface area contributed by atoms with Gasteiger partial charge in [0, 0.05) is 12.2 Å². The smallest absolute Gasteiger partial charge is 0.416 e. The predicted molar refractivity (Wildman–Crippen MR) is 98.2 cm³/mol. The van der Waals surface area contributed by atoms with Crippen molar-refractivity contribution in [2.24, 2.45) is 5.92 Å². The van der Waals surface area contributed by atoms with Gasteiger partial charge in [-0.2, -0.15) is 13.2 Å². The first-order valence-corrected chi connectivity index (χ1v) is 8.86. The molecular weight excluding hydrogens is 391 g/mol. The largest absolute Gasteiger partial charge is 0.464 e. The number of halogens is 3. The average molecular weight is 413 g/mol. The molecule has 1 aromatic heterocycles. The van der Waals surface area contributed by atoms with Crippen molar-refractivity contribution in [3.8, 4) is 0 Å². The molecule has 2 aromatic rings. The zero-order chi connectivity index (χ0) is 21.6. The molecule has 1 N–H and O–H groups in total. The van der Waals surface area contributed by atoms with E-state index in [0.29, 0.717) is 18.9 Å². The molecule has 0 atom stereocenters. The van der Waals surface area contributed by atoms with Gasteiger partial charge in [-0.15, -0.1) is 0 Å². The summed E-state index contributed by atoms with van der Waals surface area (Å²) in [7, 11) is 1.21. The molecule has 0 saturated heterocycles. The first-order chi connectivity index (χ1) is 13.6. The number of methoxy groups -OCH3 is 1. The van der Waals surface area contributed by atoms with Crippen molar-refractivity contribution in [3.63, 3.8) is 0 Å². The fraction of sp³-hybridized carbons (Fsp3) is 0.421. The number of esters is 1. The van der Waals surface area contributed by atoms with Crippen molar-refractivity contribution >= 4 is 17.7 Å². The van der Waals surface area contributed by atoms with Crippen LogP contribution >= 0.6 is 0 Å². The van der Waals surface area contributed by atoms with Crippen molar-refractivity contribution in [2.75, 3.05) is 19.0 Å². The van der Waals surface area contributed by atoms with Crippen LogP contribution in [0.25, 0.3) is 0 Å². The number of oxazole rings is 1. The lowest BCUT2D eigenvalue weighted by molar-refractivity contribution is -0.137. The fourth-order valence-electron chi connectivity index (χ4n) is 2.36. The van der Waals surface area contributed by atoms with Gasteiger partial charge in [0.05, 0.1) is 19.2 Å². The number of alkyl halides is 3. The van der Waals surface area contributed by atoms with Crippen molar-refractivity contribution in [3.05, 3.63) is 47.7 Å². The number of rotatable bonds is 7. The molecular formula is C19H22F3N3O4. The van der Waals surface area contributed by atoms with Gasteiger partial charge in [-0.3, -0.25) is 0 Å². The Balaban J connectivity index is 2.10. The van der Waals surface area contributed by atoms with Gasteiger partial charge >= 0.3 is 18.2 Å². The number of carbonyl (C=O) groups is 2. The number of nitrogens with zero attached hydrogens (tertiary/aromatic N) is 2. The molecule has 0 spiro atoms. The van der Waals surface area contributed by atoms with Crippen molar-refractivity contribution in [2.45, 2.75) is 33.0 Å². The molecule has 10 heteroatoms. The average Bonchev–Trinajstić information content (AvgIpc) is 3.12. The Kier molecular flexibility index (Phi) is 7.24. The second kappa shape index (κ2) is 9.44. The lowest BCUT2D eigenvalue weighted by Gasteiger charge is -2.22. The number of anilines is 1. The SMILES string of the molecule is COC(=O)c1coc(CN(CCC(C)C)C(=O)Nc2ccc(C(F)(F)F)cc2)n1. The number of ether oxygens (including phenoxy) is 1. The van der Waals surface area contributed by atoms with Crippen molar-refractivity contribution in [1.29, 1.82) is 0 Å². The summed E-state index contributed by atoms with van der Waals surface area (Å²) in [4.78, 5) is 29.5. The number of urea groups is 1. The van der Waals surface area contributed by atoms with Crippen molar-refractivity contribution < 1.29 is 31.9 Å². The molecule has 0 aliphatic carbocycles. The molecule has 158 valence electrons.